The Morgan fingerprint density at radius 3 is 2.62 bits per heavy atom. The number of hydroxylamine groups is 1. The second-order valence-electron chi connectivity index (χ2n) is 2.28. The Morgan fingerprint density at radius 1 is 1.54 bits per heavy atom. The summed E-state index contributed by atoms with van der Waals surface area (Å²) in [7, 11) is 1.41. The topological polar surface area (TPSA) is 117 Å². The molecule has 0 spiro atoms. The number of amides is 2. The highest BCUT2D eigenvalue weighted by atomic mass is 16.7. The predicted molar refractivity (Wildman–Crippen MR) is 43.1 cm³/mol. The zero-order valence-corrected chi connectivity index (χ0v) is 7.28. The summed E-state index contributed by atoms with van der Waals surface area (Å²) in [5.41, 5.74) is 12.0. The van der Waals surface area contributed by atoms with Gasteiger partial charge in [-0.25, -0.2) is 5.48 Å². The van der Waals surface area contributed by atoms with E-state index < -0.39 is 17.9 Å². The van der Waals surface area contributed by atoms with E-state index >= 15 is 0 Å². The first kappa shape index (κ1) is 11.8. The Labute approximate surface area is 75.3 Å². The van der Waals surface area contributed by atoms with E-state index in [-0.39, 0.29) is 13.2 Å². The fourth-order valence-electron chi connectivity index (χ4n) is 0.509. The van der Waals surface area contributed by atoms with Crippen LogP contribution in [-0.4, -0.2) is 38.2 Å². The standard InChI is InChI=1S/C6H13N3O4/c1-12-2-4(7)6(11)9-13-3-5(8)10/h4H,2-3,7H2,1H3,(H2,8,10)(H,9,11). The SMILES string of the molecule is COCC(N)C(=O)NOCC(N)=O. The van der Waals surface area contributed by atoms with Gasteiger partial charge in [0.05, 0.1) is 6.61 Å². The molecule has 0 aromatic rings. The largest absolute Gasteiger partial charge is 0.383 e. The molecule has 0 saturated heterocycles. The fraction of sp³-hybridized carbons (Fsp3) is 0.667. The van der Waals surface area contributed by atoms with Crippen molar-refractivity contribution in [2.45, 2.75) is 6.04 Å². The molecular weight excluding hydrogens is 178 g/mol. The smallest absolute Gasteiger partial charge is 0.262 e. The lowest BCUT2D eigenvalue weighted by atomic mass is 10.3. The van der Waals surface area contributed by atoms with Gasteiger partial charge in [0.2, 0.25) is 5.91 Å². The number of nitrogens with two attached hydrogens (primary N) is 2. The average molecular weight is 191 g/mol. The second-order valence-corrected chi connectivity index (χ2v) is 2.28. The molecule has 0 saturated carbocycles. The van der Waals surface area contributed by atoms with Gasteiger partial charge in [-0.3, -0.25) is 14.4 Å². The number of rotatable bonds is 6. The van der Waals surface area contributed by atoms with E-state index in [4.69, 9.17) is 11.5 Å². The van der Waals surface area contributed by atoms with Gasteiger partial charge in [-0.05, 0) is 0 Å². The molecule has 0 aromatic heterocycles. The van der Waals surface area contributed by atoms with Crippen LogP contribution in [0.5, 0.6) is 0 Å². The van der Waals surface area contributed by atoms with Crippen LogP contribution in [0.4, 0.5) is 0 Å². The van der Waals surface area contributed by atoms with Crippen molar-refractivity contribution in [3.63, 3.8) is 0 Å². The predicted octanol–water partition coefficient (Wildman–Crippen LogP) is -2.51. The van der Waals surface area contributed by atoms with E-state index in [1.54, 1.807) is 0 Å². The highest BCUT2D eigenvalue weighted by Crippen LogP contribution is 1.80. The monoisotopic (exact) mass is 191 g/mol. The summed E-state index contributed by atoms with van der Waals surface area (Å²) in [6, 6.07) is -0.821. The lowest BCUT2D eigenvalue weighted by Crippen LogP contribution is -2.44. The van der Waals surface area contributed by atoms with E-state index in [0.717, 1.165) is 0 Å². The zero-order valence-electron chi connectivity index (χ0n) is 7.28. The molecule has 13 heavy (non-hydrogen) atoms. The maximum Gasteiger partial charge on any atom is 0.262 e. The van der Waals surface area contributed by atoms with Crippen LogP contribution in [0.25, 0.3) is 0 Å². The molecule has 0 aliphatic heterocycles. The molecule has 0 aliphatic carbocycles. The van der Waals surface area contributed by atoms with Gasteiger partial charge in [0, 0.05) is 7.11 Å². The van der Waals surface area contributed by atoms with Gasteiger partial charge in [0.1, 0.15) is 6.04 Å². The molecule has 2 amide bonds. The number of hydrogen-bond acceptors (Lipinski definition) is 5. The first-order valence-electron chi connectivity index (χ1n) is 3.52. The number of carbonyl (C=O) groups excluding carboxylic acids is 2. The Bertz CT molecular complexity index is 185. The van der Waals surface area contributed by atoms with E-state index in [2.05, 4.69) is 9.57 Å². The van der Waals surface area contributed by atoms with Crippen LogP contribution in [0.1, 0.15) is 0 Å². The molecule has 7 nitrogen and oxygen atoms in total. The van der Waals surface area contributed by atoms with Crippen molar-refractivity contribution in [1.82, 2.24) is 5.48 Å². The molecule has 0 aliphatic rings. The zero-order chi connectivity index (χ0) is 10.3. The Morgan fingerprint density at radius 2 is 2.15 bits per heavy atom. The van der Waals surface area contributed by atoms with Crippen LogP contribution in [0.3, 0.4) is 0 Å². The van der Waals surface area contributed by atoms with Crippen LogP contribution < -0.4 is 16.9 Å². The fourth-order valence-corrected chi connectivity index (χ4v) is 0.509. The van der Waals surface area contributed by atoms with Gasteiger partial charge in [-0.2, -0.15) is 0 Å². The third-order valence-electron chi connectivity index (χ3n) is 1.07. The molecule has 1 unspecified atom stereocenters. The van der Waals surface area contributed by atoms with E-state index in [1.165, 1.54) is 7.11 Å². The molecule has 0 rings (SSSR count). The van der Waals surface area contributed by atoms with Gasteiger partial charge in [-0.15, -0.1) is 0 Å². The first-order valence-corrected chi connectivity index (χ1v) is 3.52. The summed E-state index contributed by atoms with van der Waals surface area (Å²) in [5.74, 6) is -1.25. The molecule has 7 heteroatoms. The van der Waals surface area contributed by atoms with Crippen LogP contribution in [0, 0.1) is 0 Å². The molecule has 0 bridgehead atoms. The number of hydrogen-bond donors (Lipinski definition) is 3. The normalized spacial score (nSPS) is 12.2. The maximum absolute atomic E-state index is 10.9. The highest BCUT2D eigenvalue weighted by molar-refractivity contribution is 5.81. The van der Waals surface area contributed by atoms with Crippen molar-refractivity contribution >= 4 is 11.8 Å². The molecule has 0 heterocycles. The van der Waals surface area contributed by atoms with Gasteiger partial charge >= 0.3 is 0 Å². The molecule has 0 radical (unpaired) electrons. The third kappa shape index (κ3) is 6.02. The summed E-state index contributed by atoms with van der Waals surface area (Å²) in [6.07, 6.45) is 0. The van der Waals surface area contributed by atoms with Crippen molar-refractivity contribution in [2.24, 2.45) is 11.5 Å². The Hall–Kier alpha value is -1.18. The molecule has 1 atom stereocenters. The van der Waals surface area contributed by atoms with E-state index in [0.29, 0.717) is 0 Å². The summed E-state index contributed by atoms with van der Waals surface area (Å²) in [6.45, 7) is -0.308. The maximum atomic E-state index is 10.9. The minimum Gasteiger partial charge on any atom is -0.383 e. The number of carbonyl (C=O) groups is 2. The lowest BCUT2D eigenvalue weighted by molar-refractivity contribution is -0.139. The van der Waals surface area contributed by atoms with Crippen LogP contribution in [-0.2, 0) is 19.2 Å². The van der Waals surface area contributed by atoms with E-state index in [1.807, 2.05) is 5.48 Å². The van der Waals surface area contributed by atoms with Crippen molar-refractivity contribution in [3.8, 4) is 0 Å². The van der Waals surface area contributed by atoms with Crippen LogP contribution in [0.15, 0.2) is 0 Å². The number of ether oxygens (including phenoxy) is 1. The van der Waals surface area contributed by atoms with Gasteiger partial charge < -0.3 is 16.2 Å². The molecule has 0 fully saturated rings. The van der Waals surface area contributed by atoms with Crippen molar-refractivity contribution in [3.05, 3.63) is 0 Å². The van der Waals surface area contributed by atoms with Crippen molar-refractivity contribution in [1.29, 1.82) is 0 Å². The summed E-state index contributed by atoms with van der Waals surface area (Å²) >= 11 is 0. The Balaban J connectivity index is 3.55. The first-order chi connectivity index (χ1) is 6.07. The summed E-state index contributed by atoms with van der Waals surface area (Å²) in [4.78, 5) is 25.5. The summed E-state index contributed by atoms with van der Waals surface area (Å²) in [5, 5.41) is 0. The van der Waals surface area contributed by atoms with Crippen LogP contribution in [0.2, 0.25) is 0 Å². The number of primary amides is 1. The molecule has 5 N–H and O–H groups in total. The molecule has 0 aromatic carbocycles. The van der Waals surface area contributed by atoms with Gasteiger partial charge in [-0.1, -0.05) is 0 Å². The third-order valence-corrected chi connectivity index (χ3v) is 1.07. The molecule has 76 valence electrons. The van der Waals surface area contributed by atoms with E-state index in [9.17, 15) is 9.59 Å². The summed E-state index contributed by atoms with van der Waals surface area (Å²) < 4.78 is 4.62. The second kappa shape index (κ2) is 6.35. The quantitative estimate of drug-likeness (QED) is 0.401. The Kier molecular flexibility index (Phi) is 5.77. The average Bonchev–Trinajstić information content (AvgIpc) is 2.04. The van der Waals surface area contributed by atoms with Gasteiger partial charge in [0.25, 0.3) is 5.91 Å². The lowest BCUT2D eigenvalue weighted by Gasteiger charge is -2.09. The minimum atomic E-state index is -0.821. The van der Waals surface area contributed by atoms with Crippen LogP contribution >= 0.6 is 0 Å². The number of nitrogens with one attached hydrogen (secondary N) is 1. The number of methoxy groups -OCH3 is 1. The van der Waals surface area contributed by atoms with Crippen molar-refractivity contribution < 1.29 is 19.2 Å². The molecular formula is C6H13N3O4. The minimum absolute atomic E-state index is 0.0752. The van der Waals surface area contributed by atoms with Crippen molar-refractivity contribution in [2.75, 3.05) is 20.3 Å². The van der Waals surface area contributed by atoms with Gasteiger partial charge in [0.15, 0.2) is 6.61 Å². The highest BCUT2D eigenvalue weighted by Gasteiger charge is 2.12.